The number of allylic oxidation sites excluding steroid dienone is 1. The largest absolute Gasteiger partial charge is 0.399 e. The first-order chi connectivity index (χ1) is 5.12. The van der Waals surface area contributed by atoms with Gasteiger partial charge in [-0.05, 0) is 18.2 Å². The average molecular weight is 170 g/mol. The minimum Gasteiger partial charge on any atom is -0.399 e. The molecule has 0 spiro atoms. The van der Waals surface area contributed by atoms with Gasteiger partial charge >= 0.3 is 0 Å². The van der Waals surface area contributed by atoms with Crippen molar-refractivity contribution in [1.29, 1.82) is 0 Å². The Labute approximate surface area is 69.5 Å². The molecule has 3 nitrogen and oxygen atoms in total. The summed E-state index contributed by atoms with van der Waals surface area (Å²) in [4.78, 5) is -0.754. The Bertz CT molecular complexity index is 263. The predicted molar refractivity (Wildman–Crippen MR) is 45.7 cm³/mol. The van der Waals surface area contributed by atoms with Crippen LogP contribution in [0.15, 0.2) is 23.9 Å². The van der Waals surface area contributed by atoms with Crippen molar-refractivity contribution in [3.63, 3.8) is 0 Å². The monoisotopic (exact) mass is 170 g/mol. The highest BCUT2D eigenvalue weighted by Gasteiger charge is 2.66. The molecule has 0 aromatic heterocycles. The Morgan fingerprint density at radius 1 is 1.64 bits per heavy atom. The molecule has 11 heavy (non-hydrogen) atoms. The molecule has 4 N–H and O–H groups in total. The van der Waals surface area contributed by atoms with Crippen molar-refractivity contribution in [2.45, 2.75) is 9.80 Å². The second-order valence-electron chi connectivity index (χ2n) is 2.74. The van der Waals surface area contributed by atoms with Crippen LogP contribution in [-0.2, 0) is 4.74 Å². The Hall–Kier alpha value is -0.450. The minimum atomic E-state index is -0.416. The SMILES string of the molecule is COC12C=CC(N)=CC1(N)S2. The molecule has 60 valence electrons. The lowest BCUT2D eigenvalue weighted by atomic mass is 10.1. The zero-order valence-corrected chi connectivity index (χ0v) is 7.02. The summed E-state index contributed by atoms with van der Waals surface area (Å²) in [6.07, 6.45) is 5.57. The van der Waals surface area contributed by atoms with Crippen LogP contribution in [0.3, 0.4) is 0 Å². The van der Waals surface area contributed by atoms with E-state index in [-0.39, 0.29) is 4.93 Å². The zero-order chi connectivity index (χ0) is 8.11. The first-order valence-corrected chi connectivity index (χ1v) is 4.15. The van der Waals surface area contributed by atoms with Gasteiger partial charge < -0.3 is 16.2 Å². The summed E-state index contributed by atoms with van der Waals surface area (Å²) in [5, 5.41) is 0. The van der Waals surface area contributed by atoms with Gasteiger partial charge in [0.25, 0.3) is 0 Å². The van der Waals surface area contributed by atoms with Gasteiger partial charge in [-0.1, -0.05) is 11.8 Å². The lowest BCUT2D eigenvalue weighted by Gasteiger charge is -2.15. The highest BCUT2D eigenvalue weighted by molar-refractivity contribution is 8.09. The molecule has 0 aromatic rings. The summed E-state index contributed by atoms with van der Waals surface area (Å²) in [6, 6.07) is 0. The summed E-state index contributed by atoms with van der Waals surface area (Å²) < 4.78 is 5.26. The number of hydrogen-bond acceptors (Lipinski definition) is 4. The average Bonchev–Trinajstić information content (AvgIpc) is 2.55. The fourth-order valence-electron chi connectivity index (χ4n) is 1.29. The maximum absolute atomic E-state index is 5.92. The minimum absolute atomic E-state index is 0.337. The van der Waals surface area contributed by atoms with Gasteiger partial charge in [-0.25, -0.2) is 0 Å². The zero-order valence-electron chi connectivity index (χ0n) is 6.20. The van der Waals surface area contributed by atoms with E-state index in [1.54, 1.807) is 18.9 Å². The highest BCUT2D eigenvalue weighted by Crippen LogP contribution is 2.64. The van der Waals surface area contributed by atoms with Crippen molar-refractivity contribution in [2.75, 3.05) is 7.11 Å². The molecule has 0 aromatic carbocycles. The van der Waals surface area contributed by atoms with Crippen LogP contribution in [0.2, 0.25) is 0 Å². The van der Waals surface area contributed by atoms with Crippen LogP contribution in [0.25, 0.3) is 0 Å². The van der Waals surface area contributed by atoms with Gasteiger partial charge in [0.05, 0.1) is 0 Å². The molecular formula is C7H10N2OS. The van der Waals surface area contributed by atoms with Gasteiger partial charge in [0.2, 0.25) is 0 Å². The fraction of sp³-hybridized carbons (Fsp3) is 0.429. The molecule has 1 heterocycles. The lowest BCUT2D eigenvalue weighted by Crippen LogP contribution is -2.35. The second kappa shape index (κ2) is 1.83. The van der Waals surface area contributed by atoms with E-state index in [1.807, 2.05) is 18.2 Å². The molecule has 1 aliphatic heterocycles. The molecule has 1 aliphatic carbocycles. The first-order valence-electron chi connectivity index (χ1n) is 3.34. The number of rotatable bonds is 1. The van der Waals surface area contributed by atoms with Crippen molar-refractivity contribution in [2.24, 2.45) is 11.5 Å². The number of fused-ring (bicyclic) bond motifs is 1. The third-order valence-electron chi connectivity index (χ3n) is 2.00. The standard InChI is InChI=1S/C7H10N2OS/c1-10-7-3-2-5(8)4-6(7,9)11-7/h2-4H,8-9H2,1H3. The molecule has 0 bridgehead atoms. The summed E-state index contributed by atoms with van der Waals surface area (Å²) in [7, 11) is 1.65. The van der Waals surface area contributed by atoms with Crippen LogP contribution < -0.4 is 11.5 Å². The van der Waals surface area contributed by atoms with Crippen LogP contribution in [0.5, 0.6) is 0 Å². The molecule has 2 atom stereocenters. The van der Waals surface area contributed by atoms with E-state index in [9.17, 15) is 0 Å². The summed E-state index contributed by atoms with van der Waals surface area (Å²) in [5.41, 5.74) is 12.2. The molecule has 2 rings (SSSR count). The Morgan fingerprint density at radius 2 is 2.36 bits per heavy atom. The third kappa shape index (κ3) is 0.772. The number of hydrogen-bond donors (Lipinski definition) is 2. The quantitative estimate of drug-likeness (QED) is 0.550. The van der Waals surface area contributed by atoms with Gasteiger partial charge in [-0.15, -0.1) is 0 Å². The molecule has 2 unspecified atom stereocenters. The molecule has 0 radical (unpaired) electrons. The predicted octanol–water partition coefficient (Wildman–Crippen LogP) is 0.143. The van der Waals surface area contributed by atoms with E-state index in [2.05, 4.69) is 0 Å². The van der Waals surface area contributed by atoms with Crippen molar-refractivity contribution in [3.8, 4) is 0 Å². The Kier molecular flexibility index (Phi) is 1.20. The molecule has 4 heteroatoms. The summed E-state index contributed by atoms with van der Waals surface area (Å²) in [5.74, 6) is 0. The number of nitrogens with two attached hydrogens (primary N) is 2. The van der Waals surface area contributed by atoms with Crippen molar-refractivity contribution in [1.82, 2.24) is 0 Å². The van der Waals surface area contributed by atoms with E-state index >= 15 is 0 Å². The van der Waals surface area contributed by atoms with E-state index in [0.29, 0.717) is 5.70 Å². The van der Waals surface area contributed by atoms with Crippen molar-refractivity contribution in [3.05, 3.63) is 23.9 Å². The molecule has 1 saturated heterocycles. The lowest BCUT2D eigenvalue weighted by molar-refractivity contribution is 0.123. The maximum atomic E-state index is 5.92. The van der Waals surface area contributed by atoms with Crippen LogP contribution in [0, 0.1) is 0 Å². The van der Waals surface area contributed by atoms with E-state index in [0.717, 1.165) is 0 Å². The van der Waals surface area contributed by atoms with Crippen LogP contribution in [0.4, 0.5) is 0 Å². The van der Waals surface area contributed by atoms with Gasteiger partial charge in [-0.2, -0.15) is 0 Å². The van der Waals surface area contributed by atoms with E-state index in [1.165, 1.54) is 0 Å². The first kappa shape index (κ1) is 7.21. The maximum Gasteiger partial charge on any atom is 0.165 e. The van der Waals surface area contributed by atoms with Crippen LogP contribution >= 0.6 is 11.8 Å². The van der Waals surface area contributed by atoms with Crippen molar-refractivity contribution >= 4 is 11.8 Å². The second-order valence-corrected chi connectivity index (χ2v) is 4.23. The topological polar surface area (TPSA) is 61.3 Å². The van der Waals surface area contributed by atoms with Crippen LogP contribution in [-0.4, -0.2) is 16.9 Å². The van der Waals surface area contributed by atoms with E-state index in [4.69, 9.17) is 16.2 Å². The Balaban J connectivity index is 2.34. The third-order valence-corrected chi connectivity index (χ3v) is 3.50. The number of methoxy groups -OCH3 is 1. The van der Waals surface area contributed by atoms with Crippen LogP contribution in [0.1, 0.15) is 0 Å². The van der Waals surface area contributed by atoms with Crippen molar-refractivity contribution < 1.29 is 4.74 Å². The number of ether oxygens (including phenoxy) is 1. The molecule has 0 amide bonds. The number of thioether (sulfide) groups is 1. The molecule has 2 aliphatic rings. The summed E-state index contributed by atoms with van der Waals surface area (Å²) in [6.45, 7) is 0. The van der Waals surface area contributed by atoms with Gasteiger partial charge in [0, 0.05) is 12.8 Å². The Morgan fingerprint density at radius 3 is 2.91 bits per heavy atom. The normalized spacial score (nSPS) is 46.5. The highest BCUT2D eigenvalue weighted by atomic mass is 32.2. The van der Waals surface area contributed by atoms with Gasteiger partial charge in [0.1, 0.15) is 4.87 Å². The summed E-state index contributed by atoms with van der Waals surface area (Å²) >= 11 is 1.56. The van der Waals surface area contributed by atoms with E-state index < -0.39 is 4.87 Å². The molecule has 1 fully saturated rings. The molecule has 0 saturated carbocycles. The molecular weight excluding hydrogens is 160 g/mol. The fourth-order valence-corrected chi connectivity index (χ4v) is 2.37. The smallest absolute Gasteiger partial charge is 0.165 e. The van der Waals surface area contributed by atoms with Gasteiger partial charge in [-0.3, -0.25) is 0 Å². The van der Waals surface area contributed by atoms with Gasteiger partial charge in [0.15, 0.2) is 4.93 Å².